The fourth-order valence-electron chi connectivity index (χ4n) is 3.28. The van der Waals surface area contributed by atoms with Crippen molar-refractivity contribution in [2.24, 2.45) is 7.05 Å². The molecule has 2 aromatic rings. The number of aliphatic hydroxyl groups is 1. The smallest absolute Gasteiger partial charge is 0.154 e. The molecule has 1 aliphatic rings. The van der Waals surface area contributed by atoms with E-state index in [1.165, 1.54) is 0 Å². The maximum atomic E-state index is 11.8. The van der Waals surface area contributed by atoms with Gasteiger partial charge in [-0.1, -0.05) is 24.6 Å². The Morgan fingerprint density at radius 2 is 2.17 bits per heavy atom. The van der Waals surface area contributed by atoms with E-state index < -0.39 is 22.0 Å². The van der Waals surface area contributed by atoms with Crippen LogP contribution in [0.15, 0.2) is 18.2 Å². The molecule has 1 saturated heterocycles. The number of rotatable bonds is 4. The minimum atomic E-state index is -3.18. The zero-order chi connectivity index (χ0) is 16.8. The molecule has 1 N–H and O–H groups in total. The van der Waals surface area contributed by atoms with Crippen LogP contribution in [0, 0.1) is 0 Å². The zero-order valence-electron chi connectivity index (χ0n) is 13.1. The van der Waals surface area contributed by atoms with Gasteiger partial charge in [0.05, 0.1) is 39.9 Å². The van der Waals surface area contributed by atoms with Gasteiger partial charge in [0.2, 0.25) is 0 Å². The van der Waals surface area contributed by atoms with Gasteiger partial charge < -0.3 is 5.11 Å². The summed E-state index contributed by atoms with van der Waals surface area (Å²) < 4.78 is 25.3. The van der Waals surface area contributed by atoms with Gasteiger partial charge in [-0.2, -0.15) is 5.10 Å². The topological polar surface area (TPSA) is 75.4 Å². The number of aromatic nitrogens is 2. The van der Waals surface area contributed by atoms with E-state index in [1.54, 1.807) is 4.68 Å². The number of benzene rings is 1. The number of halogens is 1. The summed E-state index contributed by atoms with van der Waals surface area (Å²) in [7, 11) is -1.33. The molecule has 1 fully saturated rings. The minimum Gasteiger partial charge on any atom is -0.390 e. The highest BCUT2D eigenvalue weighted by atomic mass is 35.5. The highest BCUT2D eigenvalue weighted by molar-refractivity contribution is 7.91. The van der Waals surface area contributed by atoms with Gasteiger partial charge in [-0.3, -0.25) is 9.58 Å². The molecule has 23 heavy (non-hydrogen) atoms. The summed E-state index contributed by atoms with van der Waals surface area (Å²) in [6, 6.07) is 5.24. The van der Waals surface area contributed by atoms with Gasteiger partial charge in [0.1, 0.15) is 0 Å². The lowest BCUT2D eigenvalue weighted by molar-refractivity contribution is 0.0812. The lowest BCUT2D eigenvalue weighted by Crippen LogP contribution is -2.42. The maximum Gasteiger partial charge on any atom is 0.154 e. The first kappa shape index (κ1) is 16.7. The number of likely N-dealkylation sites (N-methyl/N-ethyl adjacent to an activating group) is 1. The van der Waals surface area contributed by atoms with Crippen LogP contribution in [0.1, 0.15) is 12.6 Å². The molecule has 0 amide bonds. The van der Waals surface area contributed by atoms with Crippen molar-refractivity contribution in [1.82, 2.24) is 14.7 Å². The summed E-state index contributed by atoms with van der Waals surface area (Å²) in [5.74, 6) is -0.182. The molecule has 0 spiro atoms. The number of fused-ring (bicyclic) bond motifs is 1. The fraction of sp³-hybridized carbons (Fsp3) is 0.533. The second kappa shape index (κ2) is 6.05. The average molecular weight is 358 g/mol. The molecule has 0 aliphatic carbocycles. The van der Waals surface area contributed by atoms with E-state index in [0.29, 0.717) is 18.1 Å². The van der Waals surface area contributed by atoms with E-state index in [2.05, 4.69) is 5.10 Å². The second-order valence-electron chi connectivity index (χ2n) is 5.98. The first-order chi connectivity index (χ1) is 10.8. The number of hydrogen-bond donors (Lipinski definition) is 1. The average Bonchev–Trinajstić information content (AvgIpc) is 2.94. The normalized spacial score (nSPS) is 23.9. The van der Waals surface area contributed by atoms with Crippen molar-refractivity contribution in [3.8, 4) is 0 Å². The van der Waals surface area contributed by atoms with Crippen LogP contribution in [-0.4, -0.2) is 58.4 Å². The lowest BCUT2D eigenvalue weighted by atomic mass is 10.1. The van der Waals surface area contributed by atoms with Gasteiger partial charge in [-0.05, 0) is 18.7 Å². The molecule has 2 atom stereocenters. The number of sulfone groups is 1. The SMILES string of the molecule is CCN(Cc1nn(C)c2cccc(Cl)c12)[C@H]1CS(=O)(=O)C[C@@H]1O. The number of aryl methyl sites for hydroxylation is 1. The third-order valence-electron chi connectivity index (χ3n) is 4.42. The number of aliphatic hydroxyl groups excluding tert-OH is 1. The predicted molar refractivity (Wildman–Crippen MR) is 90.3 cm³/mol. The second-order valence-corrected chi connectivity index (χ2v) is 8.54. The van der Waals surface area contributed by atoms with E-state index in [0.717, 1.165) is 16.6 Å². The van der Waals surface area contributed by atoms with Gasteiger partial charge in [0, 0.05) is 19.0 Å². The standard InChI is InChI=1S/C15H20ClN3O3S/c1-3-19(13-8-23(21,22)9-14(13)20)7-11-15-10(16)5-4-6-12(15)18(2)17-11/h4-6,13-14,20H,3,7-9H2,1-2H3/t13-,14-/m0/s1. The summed E-state index contributed by atoms with van der Waals surface area (Å²) >= 11 is 6.32. The molecule has 1 aromatic heterocycles. The van der Waals surface area contributed by atoms with E-state index >= 15 is 0 Å². The summed E-state index contributed by atoms with van der Waals surface area (Å²) in [4.78, 5) is 1.96. The summed E-state index contributed by atoms with van der Waals surface area (Å²) in [5.41, 5.74) is 1.73. The molecule has 0 bridgehead atoms. The summed E-state index contributed by atoms with van der Waals surface area (Å²) in [6.07, 6.45) is -0.856. The molecule has 0 unspecified atom stereocenters. The monoisotopic (exact) mass is 357 g/mol. The van der Waals surface area contributed by atoms with Crippen LogP contribution in [0.2, 0.25) is 5.02 Å². The quantitative estimate of drug-likeness (QED) is 0.890. The first-order valence-electron chi connectivity index (χ1n) is 7.55. The third-order valence-corrected chi connectivity index (χ3v) is 6.43. The molecular weight excluding hydrogens is 338 g/mol. The third kappa shape index (κ3) is 3.10. The van der Waals surface area contributed by atoms with Crippen LogP contribution in [0.25, 0.3) is 10.9 Å². The molecule has 0 saturated carbocycles. The lowest BCUT2D eigenvalue weighted by Gasteiger charge is -2.28. The van der Waals surface area contributed by atoms with Crippen molar-refractivity contribution in [2.45, 2.75) is 25.6 Å². The zero-order valence-corrected chi connectivity index (χ0v) is 14.7. The van der Waals surface area contributed by atoms with Crippen molar-refractivity contribution < 1.29 is 13.5 Å². The van der Waals surface area contributed by atoms with Crippen LogP contribution in [0.5, 0.6) is 0 Å². The molecule has 3 rings (SSSR count). The largest absolute Gasteiger partial charge is 0.390 e. The molecule has 2 heterocycles. The van der Waals surface area contributed by atoms with E-state index in [-0.39, 0.29) is 11.5 Å². The van der Waals surface area contributed by atoms with E-state index in [9.17, 15) is 13.5 Å². The Bertz CT molecular complexity index is 834. The van der Waals surface area contributed by atoms with Crippen molar-refractivity contribution >= 4 is 32.3 Å². The minimum absolute atomic E-state index is 0.0134. The van der Waals surface area contributed by atoms with Crippen molar-refractivity contribution in [3.05, 3.63) is 28.9 Å². The van der Waals surface area contributed by atoms with Crippen LogP contribution in [0.4, 0.5) is 0 Å². The molecule has 0 radical (unpaired) electrons. The Labute approximate surface area is 140 Å². The number of hydrogen-bond acceptors (Lipinski definition) is 5. The Kier molecular flexibility index (Phi) is 4.39. The highest BCUT2D eigenvalue weighted by Crippen LogP contribution is 2.28. The van der Waals surface area contributed by atoms with Crippen LogP contribution in [0.3, 0.4) is 0 Å². The van der Waals surface area contributed by atoms with E-state index in [1.807, 2.05) is 37.1 Å². The maximum absolute atomic E-state index is 11.8. The molecule has 8 heteroatoms. The highest BCUT2D eigenvalue weighted by Gasteiger charge is 2.39. The summed E-state index contributed by atoms with van der Waals surface area (Å²) in [6.45, 7) is 3.03. The number of nitrogens with zero attached hydrogens (tertiary/aromatic N) is 3. The van der Waals surface area contributed by atoms with E-state index in [4.69, 9.17) is 11.6 Å². The van der Waals surface area contributed by atoms with Crippen LogP contribution >= 0.6 is 11.6 Å². The molecule has 1 aromatic carbocycles. The fourth-order valence-corrected chi connectivity index (χ4v) is 5.39. The van der Waals surface area contributed by atoms with Crippen molar-refractivity contribution in [2.75, 3.05) is 18.1 Å². The van der Waals surface area contributed by atoms with Crippen LogP contribution in [-0.2, 0) is 23.4 Å². The van der Waals surface area contributed by atoms with Gasteiger partial charge >= 0.3 is 0 Å². The van der Waals surface area contributed by atoms with Gasteiger partial charge in [-0.25, -0.2) is 8.42 Å². The predicted octanol–water partition coefficient (Wildman–Crippen LogP) is 1.21. The molecular formula is C15H20ClN3O3S. The van der Waals surface area contributed by atoms with Gasteiger partial charge in [-0.15, -0.1) is 0 Å². The van der Waals surface area contributed by atoms with Crippen molar-refractivity contribution in [1.29, 1.82) is 0 Å². The van der Waals surface area contributed by atoms with Gasteiger partial charge in [0.25, 0.3) is 0 Å². The molecule has 6 nitrogen and oxygen atoms in total. The Morgan fingerprint density at radius 1 is 1.43 bits per heavy atom. The Hall–Kier alpha value is -1.15. The summed E-state index contributed by atoms with van der Waals surface area (Å²) in [5, 5.41) is 16.1. The molecule has 126 valence electrons. The Balaban J connectivity index is 1.94. The molecule has 1 aliphatic heterocycles. The van der Waals surface area contributed by atoms with Crippen LogP contribution < -0.4 is 0 Å². The van der Waals surface area contributed by atoms with Gasteiger partial charge in [0.15, 0.2) is 9.84 Å². The Morgan fingerprint density at radius 3 is 2.78 bits per heavy atom. The first-order valence-corrected chi connectivity index (χ1v) is 9.75. The van der Waals surface area contributed by atoms with Crippen molar-refractivity contribution in [3.63, 3.8) is 0 Å².